The summed E-state index contributed by atoms with van der Waals surface area (Å²) in [5.41, 5.74) is 3.48. The van der Waals surface area contributed by atoms with E-state index >= 15 is 0 Å². The molecule has 49 heavy (non-hydrogen) atoms. The van der Waals surface area contributed by atoms with E-state index in [9.17, 15) is 31.2 Å². The first-order chi connectivity index (χ1) is 22.9. The fraction of sp³-hybridized carbons (Fsp3) is 0.263. The maximum atomic E-state index is 13.9. The van der Waals surface area contributed by atoms with Gasteiger partial charge < -0.3 is 5.32 Å². The average molecular weight is 712 g/mol. The van der Waals surface area contributed by atoms with Crippen LogP contribution in [0.3, 0.4) is 0 Å². The van der Waals surface area contributed by atoms with Gasteiger partial charge in [0, 0.05) is 28.3 Å². The van der Waals surface area contributed by atoms with Gasteiger partial charge in [0.05, 0.1) is 17.2 Å². The average Bonchev–Trinajstić information content (AvgIpc) is 3.02. The molecule has 0 saturated carbocycles. The van der Waals surface area contributed by atoms with Crippen LogP contribution in [-0.2, 0) is 27.5 Å². The first kappa shape index (κ1) is 37.6. The van der Waals surface area contributed by atoms with Gasteiger partial charge in [-0.05, 0) is 64.8 Å². The molecule has 0 spiro atoms. The fourth-order valence-corrected chi connectivity index (χ4v) is 5.90. The zero-order valence-corrected chi connectivity index (χ0v) is 28.8. The standard InChI is InChI=1S/C38H37ClF3NO5S/c1-37(2,3)20-19-25-6-4-7-29(22-25)33(23-26-9-11-28(12-10-26)35(44)8-5-21-49(46,47)48)36(45)43-31-16-13-27(14-17-31)32-18-15-30(24-34(32)39)38(40,41)42/h4,6-7,9-20,22,24,33H,5,8,21,23H2,1-3H3,(H,43,45)(H,46,47,48)/b20-19+. The lowest BCUT2D eigenvalue weighted by atomic mass is 9.89. The normalized spacial score (nSPS) is 13.0. The number of halogens is 4. The minimum Gasteiger partial charge on any atom is -0.326 e. The summed E-state index contributed by atoms with van der Waals surface area (Å²) in [6.07, 6.45) is -0.163. The molecule has 6 nitrogen and oxygen atoms in total. The monoisotopic (exact) mass is 711 g/mol. The van der Waals surface area contributed by atoms with E-state index in [4.69, 9.17) is 16.2 Å². The molecule has 1 amide bonds. The number of hydrogen-bond donors (Lipinski definition) is 2. The number of ketones is 1. The number of nitrogens with one attached hydrogen (secondary N) is 1. The number of carbonyl (C=O) groups is 2. The number of hydrogen-bond acceptors (Lipinski definition) is 4. The molecule has 0 bridgehead atoms. The quantitative estimate of drug-likeness (QED) is 0.113. The van der Waals surface area contributed by atoms with E-state index in [1.165, 1.54) is 6.07 Å². The second-order valence-electron chi connectivity index (χ2n) is 12.9. The Bertz CT molecular complexity index is 1930. The van der Waals surface area contributed by atoms with Crippen molar-refractivity contribution in [3.8, 4) is 11.1 Å². The molecular weight excluding hydrogens is 675 g/mol. The molecule has 0 aliphatic carbocycles. The lowest BCUT2D eigenvalue weighted by molar-refractivity contribution is -0.137. The molecule has 0 aliphatic heterocycles. The summed E-state index contributed by atoms with van der Waals surface area (Å²) in [5, 5.41) is 2.92. The van der Waals surface area contributed by atoms with E-state index in [1.54, 1.807) is 48.5 Å². The lowest BCUT2D eigenvalue weighted by Crippen LogP contribution is -2.23. The van der Waals surface area contributed by atoms with Crippen molar-refractivity contribution in [3.63, 3.8) is 0 Å². The highest BCUT2D eigenvalue weighted by atomic mass is 35.5. The van der Waals surface area contributed by atoms with Crippen molar-refractivity contribution in [1.82, 2.24) is 0 Å². The number of Topliss-reactive ketones (excluding diaryl/α,β-unsaturated/α-hetero) is 1. The van der Waals surface area contributed by atoms with Gasteiger partial charge in [0.2, 0.25) is 5.91 Å². The van der Waals surface area contributed by atoms with Gasteiger partial charge in [-0.1, -0.05) is 111 Å². The van der Waals surface area contributed by atoms with Crippen molar-refractivity contribution < 1.29 is 35.7 Å². The van der Waals surface area contributed by atoms with Gasteiger partial charge in [-0.2, -0.15) is 21.6 Å². The molecule has 0 aromatic heterocycles. The Morgan fingerprint density at radius 1 is 0.918 bits per heavy atom. The number of anilines is 1. The molecule has 4 aromatic rings. The van der Waals surface area contributed by atoms with Crippen LogP contribution in [0.25, 0.3) is 17.2 Å². The van der Waals surface area contributed by atoms with Gasteiger partial charge in [-0.15, -0.1) is 0 Å². The van der Waals surface area contributed by atoms with Crippen LogP contribution < -0.4 is 5.32 Å². The predicted octanol–water partition coefficient (Wildman–Crippen LogP) is 9.90. The van der Waals surface area contributed by atoms with Crippen molar-refractivity contribution in [2.45, 2.75) is 52.1 Å². The van der Waals surface area contributed by atoms with Gasteiger partial charge in [0.1, 0.15) is 0 Å². The Labute approximate surface area is 289 Å². The van der Waals surface area contributed by atoms with Crippen LogP contribution in [0, 0.1) is 5.41 Å². The highest BCUT2D eigenvalue weighted by Gasteiger charge is 2.31. The summed E-state index contributed by atoms with van der Waals surface area (Å²) in [6, 6.07) is 24.3. The summed E-state index contributed by atoms with van der Waals surface area (Å²) in [6.45, 7) is 6.26. The third kappa shape index (κ3) is 11.4. The summed E-state index contributed by atoms with van der Waals surface area (Å²) < 4.78 is 70.2. The van der Waals surface area contributed by atoms with Crippen molar-refractivity contribution >= 4 is 45.2 Å². The molecule has 2 N–H and O–H groups in total. The summed E-state index contributed by atoms with van der Waals surface area (Å²) in [7, 11) is -4.15. The number of carbonyl (C=O) groups excluding carboxylic acids is 2. The maximum absolute atomic E-state index is 13.9. The second kappa shape index (κ2) is 15.5. The summed E-state index contributed by atoms with van der Waals surface area (Å²) in [5.74, 6) is -1.68. The Kier molecular flexibility index (Phi) is 11.9. The van der Waals surface area contributed by atoms with Crippen molar-refractivity contribution in [3.05, 3.63) is 130 Å². The Morgan fingerprint density at radius 2 is 1.59 bits per heavy atom. The van der Waals surface area contributed by atoms with E-state index in [0.717, 1.165) is 28.8 Å². The predicted molar refractivity (Wildman–Crippen MR) is 188 cm³/mol. The van der Waals surface area contributed by atoms with Crippen LogP contribution in [0.1, 0.15) is 72.1 Å². The smallest absolute Gasteiger partial charge is 0.326 e. The summed E-state index contributed by atoms with van der Waals surface area (Å²) >= 11 is 6.18. The highest BCUT2D eigenvalue weighted by Crippen LogP contribution is 2.36. The van der Waals surface area contributed by atoms with E-state index in [1.807, 2.05) is 30.3 Å². The van der Waals surface area contributed by atoms with Crippen molar-refractivity contribution in [2.75, 3.05) is 11.1 Å². The van der Waals surface area contributed by atoms with Crippen molar-refractivity contribution in [2.24, 2.45) is 5.41 Å². The lowest BCUT2D eigenvalue weighted by Gasteiger charge is -2.19. The molecule has 1 unspecified atom stereocenters. The SMILES string of the molecule is CC(C)(C)/C=C/c1cccc(C(Cc2ccc(C(=O)CCCS(=O)(=O)O)cc2)C(=O)Nc2ccc(-c3ccc(C(F)(F)F)cc3Cl)cc2)c1. The molecule has 0 fully saturated rings. The molecule has 4 aromatic carbocycles. The van der Waals surface area contributed by atoms with E-state index in [-0.39, 0.29) is 35.0 Å². The Balaban J connectivity index is 1.57. The van der Waals surface area contributed by atoms with Crippen LogP contribution in [0.5, 0.6) is 0 Å². The number of benzene rings is 4. The third-order valence-electron chi connectivity index (χ3n) is 7.69. The largest absolute Gasteiger partial charge is 0.416 e. The number of amides is 1. The van der Waals surface area contributed by atoms with E-state index in [0.29, 0.717) is 28.8 Å². The van der Waals surface area contributed by atoms with Gasteiger partial charge in [-0.25, -0.2) is 0 Å². The first-order valence-electron chi connectivity index (χ1n) is 15.5. The zero-order valence-electron chi connectivity index (χ0n) is 27.2. The summed E-state index contributed by atoms with van der Waals surface area (Å²) in [4.78, 5) is 26.4. The first-order valence-corrected chi connectivity index (χ1v) is 17.5. The second-order valence-corrected chi connectivity index (χ2v) is 14.9. The molecule has 0 radical (unpaired) electrons. The van der Waals surface area contributed by atoms with Crippen LogP contribution in [0.4, 0.5) is 18.9 Å². The number of allylic oxidation sites excluding steroid dienone is 1. The number of rotatable bonds is 12. The van der Waals surface area contributed by atoms with Gasteiger partial charge in [-0.3, -0.25) is 14.1 Å². The van der Waals surface area contributed by atoms with Crippen LogP contribution in [0.15, 0.2) is 97.1 Å². The Hall–Kier alpha value is -4.25. The van der Waals surface area contributed by atoms with Crippen LogP contribution in [-0.4, -0.2) is 30.4 Å². The van der Waals surface area contributed by atoms with Crippen LogP contribution >= 0.6 is 11.6 Å². The van der Waals surface area contributed by atoms with Crippen molar-refractivity contribution in [1.29, 1.82) is 0 Å². The Morgan fingerprint density at radius 3 is 2.18 bits per heavy atom. The molecule has 4 rings (SSSR count). The molecule has 11 heteroatoms. The molecular formula is C38H37ClF3NO5S. The van der Waals surface area contributed by atoms with E-state index in [2.05, 4.69) is 32.2 Å². The van der Waals surface area contributed by atoms with Gasteiger partial charge >= 0.3 is 6.18 Å². The molecule has 0 heterocycles. The fourth-order valence-electron chi connectivity index (χ4n) is 5.10. The van der Waals surface area contributed by atoms with Gasteiger partial charge in [0.15, 0.2) is 5.78 Å². The third-order valence-corrected chi connectivity index (χ3v) is 8.80. The molecule has 258 valence electrons. The highest BCUT2D eigenvalue weighted by molar-refractivity contribution is 7.85. The zero-order chi connectivity index (χ0) is 36.0. The molecule has 1 atom stereocenters. The maximum Gasteiger partial charge on any atom is 0.416 e. The minimum absolute atomic E-state index is 0.0000203. The molecule has 0 aliphatic rings. The number of alkyl halides is 3. The van der Waals surface area contributed by atoms with Gasteiger partial charge in [0.25, 0.3) is 10.1 Å². The topological polar surface area (TPSA) is 101 Å². The molecule has 0 saturated heterocycles. The van der Waals surface area contributed by atoms with Crippen LogP contribution in [0.2, 0.25) is 5.02 Å². The van der Waals surface area contributed by atoms with E-state index < -0.39 is 33.5 Å². The minimum atomic E-state index is -4.51.